The average molecular weight is 349 g/mol. The first kappa shape index (κ1) is 16.4. The van der Waals surface area contributed by atoms with Crippen LogP contribution in [-0.2, 0) is 0 Å². The van der Waals surface area contributed by atoms with Gasteiger partial charge in [0.2, 0.25) is 0 Å². The summed E-state index contributed by atoms with van der Waals surface area (Å²) in [5.74, 6) is -0.689. The highest BCUT2D eigenvalue weighted by Gasteiger charge is 2.24. The van der Waals surface area contributed by atoms with E-state index in [1.807, 2.05) is 24.5 Å². The van der Waals surface area contributed by atoms with Crippen molar-refractivity contribution in [2.24, 2.45) is 0 Å². The summed E-state index contributed by atoms with van der Waals surface area (Å²) in [5, 5.41) is 0. The van der Waals surface area contributed by atoms with Crippen LogP contribution < -0.4 is 4.90 Å². The van der Waals surface area contributed by atoms with Crippen LogP contribution >= 0.6 is 0 Å². The summed E-state index contributed by atoms with van der Waals surface area (Å²) >= 11 is 0. The largest absolute Gasteiger partial charge is 0.368 e. The molecule has 5 heteroatoms. The Kier molecular flexibility index (Phi) is 4.44. The molecular formula is C21H20FN3O. The van der Waals surface area contributed by atoms with E-state index in [0.29, 0.717) is 13.1 Å². The minimum absolute atomic E-state index is 0.150. The van der Waals surface area contributed by atoms with Crippen molar-refractivity contribution in [3.05, 3.63) is 84.4 Å². The Balaban J connectivity index is 1.40. The normalized spacial score (nSPS) is 14.5. The molecule has 4 nitrogen and oxygen atoms in total. The minimum atomic E-state index is -0.458. The third-order valence-corrected chi connectivity index (χ3v) is 4.79. The maximum absolute atomic E-state index is 13.8. The first-order valence-electron chi connectivity index (χ1n) is 8.74. The van der Waals surface area contributed by atoms with Crippen LogP contribution in [0.25, 0.3) is 5.69 Å². The molecule has 2 heterocycles. The van der Waals surface area contributed by atoms with Gasteiger partial charge >= 0.3 is 0 Å². The predicted octanol–water partition coefficient (Wildman–Crippen LogP) is 3.58. The van der Waals surface area contributed by atoms with E-state index in [9.17, 15) is 9.18 Å². The summed E-state index contributed by atoms with van der Waals surface area (Å²) in [5.41, 5.74) is 2.41. The summed E-state index contributed by atoms with van der Waals surface area (Å²) in [4.78, 5) is 16.5. The molecule has 1 aliphatic rings. The van der Waals surface area contributed by atoms with E-state index in [-0.39, 0.29) is 11.5 Å². The molecule has 1 aliphatic heterocycles. The van der Waals surface area contributed by atoms with E-state index >= 15 is 0 Å². The zero-order chi connectivity index (χ0) is 17.9. The number of piperazine rings is 1. The fourth-order valence-electron chi connectivity index (χ4n) is 3.31. The van der Waals surface area contributed by atoms with Gasteiger partial charge in [-0.2, -0.15) is 0 Å². The second-order valence-electron chi connectivity index (χ2n) is 6.37. The molecule has 0 bridgehead atoms. The number of hydrogen-bond acceptors (Lipinski definition) is 2. The highest BCUT2D eigenvalue weighted by Crippen LogP contribution is 2.20. The summed E-state index contributed by atoms with van der Waals surface area (Å²) in [7, 11) is 0. The molecule has 0 aliphatic carbocycles. The zero-order valence-electron chi connectivity index (χ0n) is 14.4. The lowest BCUT2D eigenvalue weighted by Gasteiger charge is -2.36. The lowest BCUT2D eigenvalue weighted by Crippen LogP contribution is -2.49. The molecule has 0 atom stereocenters. The molecule has 0 saturated carbocycles. The Hall–Kier alpha value is -3.08. The van der Waals surface area contributed by atoms with Crippen molar-refractivity contribution in [3.8, 4) is 5.69 Å². The molecule has 0 radical (unpaired) electrons. The molecule has 26 heavy (non-hydrogen) atoms. The van der Waals surface area contributed by atoms with Crippen molar-refractivity contribution in [1.82, 2.24) is 9.47 Å². The molecule has 1 amide bonds. The van der Waals surface area contributed by atoms with Crippen LogP contribution in [0.1, 0.15) is 10.4 Å². The van der Waals surface area contributed by atoms with Crippen LogP contribution in [-0.4, -0.2) is 41.6 Å². The Morgan fingerprint density at radius 3 is 2.04 bits per heavy atom. The van der Waals surface area contributed by atoms with E-state index in [4.69, 9.17) is 0 Å². The number of anilines is 1. The monoisotopic (exact) mass is 349 g/mol. The van der Waals surface area contributed by atoms with Crippen molar-refractivity contribution in [2.45, 2.75) is 0 Å². The maximum Gasteiger partial charge on any atom is 0.256 e. The van der Waals surface area contributed by atoms with Crippen LogP contribution in [0, 0.1) is 5.82 Å². The topological polar surface area (TPSA) is 28.5 Å². The smallest absolute Gasteiger partial charge is 0.256 e. The van der Waals surface area contributed by atoms with Gasteiger partial charge in [-0.1, -0.05) is 12.1 Å². The van der Waals surface area contributed by atoms with Crippen molar-refractivity contribution < 1.29 is 9.18 Å². The standard InChI is InChI=1S/C21H20FN3O/c22-20-6-2-1-5-19(20)21(26)25-15-13-24(14-16-25)18-9-7-17(8-10-18)23-11-3-4-12-23/h1-12H,13-16H2. The Morgan fingerprint density at radius 2 is 1.38 bits per heavy atom. The summed E-state index contributed by atoms with van der Waals surface area (Å²) in [6.07, 6.45) is 4.03. The lowest BCUT2D eigenvalue weighted by atomic mass is 10.1. The van der Waals surface area contributed by atoms with Crippen molar-refractivity contribution >= 4 is 11.6 Å². The number of rotatable bonds is 3. The first-order chi connectivity index (χ1) is 12.7. The highest BCUT2D eigenvalue weighted by molar-refractivity contribution is 5.94. The van der Waals surface area contributed by atoms with Crippen LogP contribution in [0.15, 0.2) is 73.1 Å². The molecular weight excluding hydrogens is 329 g/mol. The number of nitrogens with zero attached hydrogens (tertiary/aromatic N) is 3. The van der Waals surface area contributed by atoms with Crippen molar-refractivity contribution in [3.63, 3.8) is 0 Å². The Bertz CT molecular complexity index is 882. The van der Waals surface area contributed by atoms with Gasteiger partial charge in [0.1, 0.15) is 5.82 Å². The number of carbonyl (C=O) groups excluding carboxylic acids is 1. The molecule has 1 fully saturated rings. The van der Waals surface area contributed by atoms with Gasteiger partial charge in [0.05, 0.1) is 5.56 Å². The third-order valence-electron chi connectivity index (χ3n) is 4.79. The number of hydrogen-bond donors (Lipinski definition) is 0. The van der Waals surface area contributed by atoms with E-state index in [1.54, 1.807) is 23.1 Å². The number of halogens is 1. The van der Waals surface area contributed by atoms with Gasteiger partial charge < -0.3 is 14.4 Å². The van der Waals surface area contributed by atoms with E-state index in [1.165, 1.54) is 6.07 Å². The third kappa shape index (κ3) is 3.20. The van der Waals surface area contributed by atoms with Gasteiger partial charge in [0.25, 0.3) is 5.91 Å². The van der Waals surface area contributed by atoms with Crippen LogP contribution in [0.5, 0.6) is 0 Å². The highest BCUT2D eigenvalue weighted by atomic mass is 19.1. The summed E-state index contributed by atoms with van der Waals surface area (Å²) in [6.45, 7) is 2.66. The van der Waals surface area contributed by atoms with Crippen LogP contribution in [0.4, 0.5) is 10.1 Å². The van der Waals surface area contributed by atoms with Crippen molar-refractivity contribution in [2.75, 3.05) is 31.1 Å². The Morgan fingerprint density at radius 1 is 0.769 bits per heavy atom. The number of amides is 1. The molecule has 0 spiro atoms. The maximum atomic E-state index is 13.8. The van der Waals surface area contributed by atoms with Gasteiger partial charge in [-0.05, 0) is 48.5 Å². The first-order valence-corrected chi connectivity index (χ1v) is 8.74. The van der Waals surface area contributed by atoms with E-state index in [2.05, 4.69) is 33.7 Å². The molecule has 2 aromatic carbocycles. The number of benzene rings is 2. The van der Waals surface area contributed by atoms with Gasteiger partial charge in [0.15, 0.2) is 0 Å². The van der Waals surface area contributed by atoms with Gasteiger partial charge in [0, 0.05) is 49.9 Å². The molecule has 4 rings (SSSR count). The summed E-state index contributed by atoms with van der Waals surface area (Å²) < 4.78 is 15.9. The SMILES string of the molecule is O=C(c1ccccc1F)N1CCN(c2ccc(-n3cccc3)cc2)CC1. The lowest BCUT2D eigenvalue weighted by molar-refractivity contribution is 0.0742. The predicted molar refractivity (Wildman–Crippen MR) is 100 cm³/mol. The molecule has 3 aromatic rings. The molecule has 1 aromatic heterocycles. The van der Waals surface area contributed by atoms with E-state index in [0.717, 1.165) is 24.5 Å². The quantitative estimate of drug-likeness (QED) is 0.723. The van der Waals surface area contributed by atoms with Gasteiger partial charge in [-0.25, -0.2) is 4.39 Å². The average Bonchev–Trinajstić information content (AvgIpc) is 3.23. The zero-order valence-corrected chi connectivity index (χ0v) is 14.4. The van der Waals surface area contributed by atoms with Crippen LogP contribution in [0.3, 0.4) is 0 Å². The summed E-state index contributed by atoms with van der Waals surface area (Å²) in [6, 6.07) is 18.5. The molecule has 0 unspecified atom stereocenters. The molecule has 1 saturated heterocycles. The van der Waals surface area contributed by atoms with Crippen molar-refractivity contribution in [1.29, 1.82) is 0 Å². The Labute approximate surface area is 152 Å². The second-order valence-corrected chi connectivity index (χ2v) is 6.37. The minimum Gasteiger partial charge on any atom is -0.368 e. The van der Waals surface area contributed by atoms with E-state index < -0.39 is 5.82 Å². The molecule has 0 N–H and O–H groups in total. The molecule has 132 valence electrons. The van der Waals surface area contributed by atoms with Gasteiger partial charge in [-0.15, -0.1) is 0 Å². The number of carbonyl (C=O) groups is 1. The number of aromatic nitrogens is 1. The fourth-order valence-corrected chi connectivity index (χ4v) is 3.31. The van der Waals surface area contributed by atoms with Crippen LogP contribution in [0.2, 0.25) is 0 Å². The fraction of sp³-hybridized carbons (Fsp3) is 0.190. The second kappa shape index (κ2) is 7.04. The van der Waals surface area contributed by atoms with Gasteiger partial charge in [-0.3, -0.25) is 4.79 Å².